The Bertz CT molecular complexity index is 782. The Morgan fingerprint density at radius 3 is 2.96 bits per heavy atom. The van der Waals surface area contributed by atoms with Crippen LogP contribution in [0.15, 0.2) is 24.5 Å². The van der Waals surface area contributed by atoms with E-state index in [1.54, 1.807) is 0 Å². The molecule has 2 fully saturated rings. The third-order valence-electron chi connectivity index (χ3n) is 5.97. The quantitative estimate of drug-likeness (QED) is 0.810. The molecule has 146 valence electrons. The van der Waals surface area contributed by atoms with Crippen molar-refractivity contribution < 1.29 is 9.53 Å². The van der Waals surface area contributed by atoms with Crippen molar-refractivity contribution in [2.24, 2.45) is 0 Å². The lowest BCUT2D eigenvalue weighted by Gasteiger charge is -2.37. The predicted octanol–water partition coefficient (Wildman–Crippen LogP) is 2.29. The van der Waals surface area contributed by atoms with Crippen LogP contribution >= 0.6 is 0 Å². The molecule has 4 rings (SSSR count). The molecule has 0 saturated carbocycles. The number of morpholine rings is 1. The number of imidazole rings is 1. The Balaban J connectivity index is 1.41. The number of aromatic nitrogens is 2. The molecule has 0 radical (unpaired) electrons. The normalized spacial score (nSPS) is 21.7. The second-order valence-electron chi connectivity index (χ2n) is 7.79. The Hall–Kier alpha value is -1.92. The van der Waals surface area contributed by atoms with E-state index in [9.17, 15) is 4.79 Å². The first-order valence-corrected chi connectivity index (χ1v) is 10.2. The van der Waals surface area contributed by atoms with Gasteiger partial charge in [-0.2, -0.15) is 0 Å². The van der Waals surface area contributed by atoms with Gasteiger partial charge in [0.2, 0.25) is 5.91 Å². The van der Waals surface area contributed by atoms with Crippen molar-refractivity contribution in [3.05, 3.63) is 35.8 Å². The summed E-state index contributed by atoms with van der Waals surface area (Å²) in [7, 11) is 0. The van der Waals surface area contributed by atoms with Gasteiger partial charge in [0.1, 0.15) is 5.65 Å². The van der Waals surface area contributed by atoms with Crippen molar-refractivity contribution in [3.8, 4) is 0 Å². The van der Waals surface area contributed by atoms with Crippen LogP contribution in [0.1, 0.15) is 36.9 Å². The standard InChI is InChI=1S/C21H30N4O2/c1-17-5-4-9-25-19(16-22-21(17)25)15-20(26)24-8-3-2-6-18(24)7-10-23-11-13-27-14-12-23/h4-5,9,16,18H,2-3,6-8,10-15H2,1H3. The minimum atomic E-state index is 0.241. The first kappa shape index (κ1) is 18.4. The number of fused-ring (bicyclic) bond motifs is 1. The number of ether oxygens (including phenoxy) is 1. The first-order valence-electron chi connectivity index (χ1n) is 10.2. The zero-order valence-electron chi connectivity index (χ0n) is 16.3. The average Bonchev–Trinajstić information content (AvgIpc) is 3.11. The Morgan fingerprint density at radius 2 is 2.11 bits per heavy atom. The minimum absolute atomic E-state index is 0.241. The number of rotatable bonds is 5. The van der Waals surface area contributed by atoms with Crippen molar-refractivity contribution >= 4 is 11.6 Å². The summed E-state index contributed by atoms with van der Waals surface area (Å²) < 4.78 is 7.49. The van der Waals surface area contributed by atoms with E-state index in [1.807, 2.05) is 18.5 Å². The van der Waals surface area contributed by atoms with Gasteiger partial charge in [-0.25, -0.2) is 4.98 Å². The summed E-state index contributed by atoms with van der Waals surface area (Å²) in [5.41, 5.74) is 3.07. The van der Waals surface area contributed by atoms with Crippen LogP contribution < -0.4 is 0 Å². The summed E-state index contributed by atoms with van der Waals surface area (Å²) in [6.45, 7) is 7.71. The van der Waals surface area contributed by atoms with Crippen molar-refractivity contribution in [2.45, 2.75) is 45.1 Å². The monoisotopic (exact) mass is 370 g/mol. The van der Waals surface area contributed by atoms with E-state index in [4.69, 9.17) is 4.74 Å². The minimum Gasteiger partial charge on any atom is -0.379 e. The first-order chi connectivity index (χ1) is 13.2. The molecule has 2 saturated heterocycles. The van der Waals surface area contributed by atoms with Crippen LogP contribution in [0.2, 0.25) is 0 Å². The van der Waals surface area contributed by atoms with Gasteiger partial charge in [0.25, 0.3) is 0 Å². The van der Waals surface area contributed by atoms with Crippen LogP contribution in [0.4, 0.5) is 0 Å². The highest BCUT2D eigenvalue weighted by molar-refractivity contribution is 5.79. The predicted molar refractivity (Wildman–Crippen MR) is 105 cm³/mol. The summed E-state index contributed by atoms with van der Waals surface area (Å²) in [5, 5.41) is 0. The van der Waals surface area contributed by atoms with Gasteiger partial charge in [0, 0.05) is 44.6 Å². The number of likely N-dealkylation sites (tertiary alicyclic amines) is 1. The Kier molecular flexibility index (Phi) is 5.74. The van der Waals surface area contributed by atoms with E-state index in [-0.39, 0.29) is 5.91 Å². The molecule has 1 unspecified atom stereocenters. The summed E-state index contributed by atoms with van der Waals surface area (Å²) in [5.74, 6) is 0.241. The average molecular weight is 370 g/mol. The van der Waals surface area contributed by atoms with Crippen LogP contribution in [0.25, 0.3) is 5.65 Å². The van der Waals surface area contributed by atoms with Gasteiger partial charge in [-0.15, -0.1) is 0 Å². The molecule has 2 aliphatic heterocycles. The molecule has 4 heterocycles. The molecule has 0 N–H and O–H groups in total. The number of amides is 1. The molecule has 27 heavy (non-hydrogen) atoms. The van der Waals surface area contributed by atoms with E-state index in [2.05, 4.69) is 32.2 Å². The van der Waals surface area contributed by atoms with E-state index >= 15 is 0 Å². The van der Waals surface area contributed by atoms with Crippen LogP contribution in [-0.2, 0) is 16.0 Å². The number of piperidine rings is 1. The molecule has 0 aliphatic carbocycles. The topological polar surface area (TPSA) is 50.1 Å². The fourth-order valence-corrected chi connectivity index (χ4v) is 4.37. The van der Waals surface area contributed by atoms with Gasteiger partial charge in [-0.3, -0.25) is 9.69 Å². The molecule has 0 spiro atoms. The molecule has 2 aromatic rings. The van der Waals surface area contributed by atoms with Gasteiger partial charge < -0.3 is 14.0 Å². The van der Waals surface area contributed by atoms with Gasteiger partial charge in [-0.05, 0) is 44.2 Å². The molecule has 6 nitrogen and oxygen atoms in total. The molecule has 2 aromatic heterocycles. The molecular formula is C21H30N4O2. The highest BCUT2D eigenvalue weighted by Gasteiger charge is 2.27. The van der Waals surface area contributed by atoms with Crippen molar-refractivity contribution in [1.29, 1.82) is 0 Å². The zero-order chi connectivity index (χ0) is 18.6. The highest BCUT2D eigenvalue weighted by atomic mass is 16.5. The summed E-state index contributed by atoms with van der Waals surface area (Å²) in [6, 6.07) is 4.44. The summed E-state index contributed by atoms with van der Waals surface area (Å²) in [6.07, 6.45) is 8.83. The third-order valence-corrected chi connectivity index (χ3v) is 5.97. The molecule has 2 aliphatic rings. The van der Waals surface area contributed by atoms with E-state index in [0.717, 1.165) is 75.6 Å². The SMILES string of the molecule is Cc1cccn2c(CC(=O)N3CCCCC3CCN3CCOCC3)cnc12. The Labute approximate surface area is 161 Å². The van der Waals surface area contributed by atoms with E-state index in [0.29, 0.717) is 12.5 Å². The van der Waals surface area contributed by atoms with Gasteiger partial charge in [-0.1, -0.05) is 6.07 Å². The number of carbonyl (C=O) groups is 1. The highest BCUT2D eigenvalue weighted by Crippen LogP contribution is 2.22. The third kappa shape index (κ3) is 4.17. The summed E-state index contributed by atoms with van der Waals surface area (Å²) >= 11 is 0. The molecule has 0 aromatic carbocycles. The largest absolute Gasteiger partial charge is 0.379 e. The fraction of sp³-hybridized carbons (Fsp3) is 0.619. The lowest BCUT2D eigenvalue weighted by Crippen LogP contribution is -2.47. The maximum atomic E-state index is 13.1. The molecule has 1 amide bonds. The van der Waals surface area contributed by atoms with Crippen molar-refractivity contribution in [2.75, 3.05) is 39.4 Å². The number of nitrogens with zero attached hydrogens (tertiary/aromatic N) is 4. The molecule has 0 bridgehead atoms. The smallest absolute Gasteiger partial charge is 0.228 e. The van der Waals surface area contributed by atoms with E-state index in [1.165, 1.54) is 6.42 Å². The van der Waals surface area contributed by atoms with E-state index < -0.39 is 0 Å². The summed E-state index contributed by atoms with van der Waals surface area (Å²) in [4.78, 5) is 22.2. The molecular weight excluding hydrogens is 340 g/mol. The lowest BCUT2D eigenvalue weighted by molar-refractivity contribution is -0.134. The number of carbonyl (C=O) groups excluding carboxylic acids is 1. The Morgan fingerprint density at radius 1 is 1.26 bits per heavy atom. The maximum Gasteiger partial charge on any atom is 0.228 e. The van der Waals surface area contributed by atoms with Crippen LogP contribution in [0.5, 0.6) is 0 Å². The van der Waals surface area contributed by atoms with Gasteiger partial charge >= 0.3 is 0 Å². The molecule has 6 heteroatoms. The lowest BCUT2D eigenvalue weighted by atomic mass is 9.98. The van der Waals surface area contributed by atoms with Crippen LogP contribution in [0, 0.1) is 6.92 Å². The molecule has 1 atom stereocenters. The van der Waals surface area contributed by atoms with Gasteiger partial charge in [0.05, 0.1) is 25.3 Å². The van der Waals surface area contributed by atoms with Crippen LogP contribution in [-0.4, -0.2) is 70.5 Å². The van der Waals surface area contributed by atoms with Crippen molar-refractivity contribution in [3.63, 3.8) is 0 Å². The maximum absolute atomic E-state index is 13.1. The number of aryl methyl sites for hydroxylation is 1. The van der Waals surface area contributed by atoms with Crippen molar-refractivity contribution in [1.82, 2.24) is 19.2 Å². The van der Waals surface area contributed by atoms with Gasteiger partial charge in [0.15, 0.2) is 0 Å². The van der Waals surface area contributed by atoms with Crippen LogP contribution in [0.3, 0.4) is 0 Å². The number of hydrogen-bond acceptors (Lipinski definition) is 4. The number of pyridine rings is 1. The number of hydrogen-bond donors (Lipinski definition) is 0. The second-order valence-corrected chi connectivity index (χ2v) is 7.79. The second kappa shape index (κ2) is 8.40. The fourth-order valence-electron chi connectivity index (χ4n) is 4.37. The zero-order valence-corrected chi connectivity index (χ0v) is 16.3.